The van der Waals surface area contributed by atoms with Crippen molar-refractivity contribution in [2.45, 2.75) is 31.8 Å². The Hall–Kier alpha value is -2.05. The molecule has 30 heavy (non-hydrogen) atoms. The smallest absolute Gasteiger partial charge is 0.251 e. The number of aromatic nitrogens is 1. The molecule has 0 aliphatic carbocycles. The molecule has 0 bridgehead atoms. The standard InChI is InChI=1S/C22H18Cl3N3O2/c1-11-21-14(15-8-12(23)2-5-18(15)26-21)6-7-27(11)19-10-20(29)28(22(19)30)13-3-4-16(24)17(25)9-13/h2-5,8-9,11,19,26H,6-7,10H2,1H3. The minimum atomic E-state index is -0.509. The van der Waals surface area contributed by atoms with E-state index in [-0.39, 0.29) is 24.3 Å². The number of imide groups is 1. The van der Waals surface area contributed by atoms with E-state index < -0.39 is 6.04 Å². The number of nitrogens with zero attached hydrogens (tertiary/aromatic N) is 2. The van der Waals surface area contributed by atoms with Gasteiger partial charge in [0.25, 0.3) is 5.91 Å². The molecule has 3 aromatic rings. The molecule has 2 atom stereocenters. The van der Waals surface area contributed by atoms with E-state index in [0.29, 0.717) is 27.3 Å². The van der Waals surface area contributed by atoms with Crippen LogP contribution in [0.25, 0.3) is 10.9 Å². The molecule has 0 radical (unpaired) electrons. The number of carbonyl (C=O) groups excluding carboxylic acids is 2. The molecule has 1 fully saturated rings. The Balaban J connectivity index is 1.46. The summed E-state index contributed by atoms with van der Waals surface area (Å²) in [5.74, 6) is -0.461. The molecule has 2 aliphatic rings. The van der Waals surface area contributed by atoms with Gasteiger partial charge in [-0.05, 0) is 55.3 Å². The van der Waals surface area contributed by atoms with Crippen molar-refractivity contribution in [2.24, 2.45) is 0 Å². The van der Waals surface area contributed by atoms with Gasteiger partial charge in [-0.2, -0.15) is 0 Å². The highest BCUT2D eigenvalue weighted by molar-refractivity contribution is 6.42. The number of hydrogen-bond donors (Lipinski definition) is 1. The monoisotopic (exact) mass is 461 g/mol. The van der Waals surface area contributed by atoms with E-state index in [0.717, 1.165) is 23.0 Å². The molecule has 2 aromatic carbocycles. The number of fused-ring (bicyclic) bond motifs is 3. The Morgan fingerprint density at radius 3 is 2.60 bits per heavy atom. The fraction of sp³-hybridized carbons (Fsp3) is 0.273. The molecule has 8 heteroatoms. The fourth-order valence-electron chi connectivity index (χ4n) is 4.66. The molecule has 1 aromatic heterocycles. The van der Waals surface area contributed by atoms with E-state index in [1.807, 2.05) is 18.2 Å². The zero-order chi connectivity index (χ0) is 21.2. The summed E-state index contributed by atoms with van der Waals surface area (Å²) in [5, 5.41) is 2.52. The topological polar surface area (TPSA) is 56.4 Å². The summed E-state index contributed by atoms with van der Waals surface area (Å²) in [6, 6.07) is 10.1. The van der Waals surface area contributed by atoms with E-state index in [1.165, 1.54) is 10.5 Å². The van der Waals surface area contributed by atoms with Crippen LogP contribution in [0.2, 0.25) is 15.1 Å². The van der Waals surface area contributed by atoms with Crippen molar-refractivity contribution in [3.63, 3.8) is 0 Å². The minimum absolute atomic E-state index is 0.0320. The van der Waals surface area contributed by atoms with Gasteiger partial charge in [0.1, 0.15) is 0 Å². The normalized spacial score (nSPS) is 22.2. The van der Waals surface area contributed by atoms with Gasteiger partial charge in [-0.1, -0.05) is 34.8 Å². The number of carbonyl (C=O) groups is 2. The SMILES string of the molecule is CC1c2[nH]c3ccc(Cl)cc3c2CCN1C1CC(=O)N(c2ccc(Cl)c(Cl)c2)C1=O. The number of amides is 2. The van der Waals surface area contributed by atoms with Crippen molar-refractivity contribution in [3.05, 3.63) is 62.7 Å². The fourth-order valence-corrected chi connectivity index (χ4v) is 5.13. The van der Waals surface area contributed by atoms with Crippen LogP contribution in [0.5, 0.6) is 0 Å². The minimum Gasteiger partial charge on any atom is -0.357 e. The highest BCUT2D eigenvalue weighted by atomic mass is 35.5. The van der Waals surface area contributed by atoms with Crippen LogP contribution >= 0.6 is 34.8 Å². The predicted molar refractivity (Wildman–Crippen MR) is 119 cm³/mol. The third-order valence-corrected chi connectivity index (χ3v) is 7.10. The van der Waals surface area contributed by atoms with Crippen molar-refractivity contribution < 1.29 is 9.59 Å². The lowest BCUT2D eigenvalue weighted by Gasteiger charge is -2.36. The molecule has 2 aliphatic heterocycles. The summed E-state index contributed by atoms with van der Waals surface area (Å²) in [4.78, 5) is 32.8. The van der Waals surface area contributed by atoms with E-state index in [4.69, 9.17) is 34.8 Å². The summed E-state index contributed by atoms with van der Waals surface area (Å²) in [5.41, 5.74) is 3.79. The second-order valence-electron chi connectivity index (χ2n) is 7.76. The second kappa shape index (κ2) is 7.27. The molecular formula is C22H18Cl3N3O2. The number of hydrogen-bond acceptors (Lipinski definition) is 3. The van der Waals surface area contributed by atoms with Crippen LogP contribution < -0.4 is 4.90 Å². The first-order valence-electron chi connectivity index (χ1n) is 9.72. The van der Waals surface area contributed by atoms with Crippen molar-refractivity contribution in [2.75, 3.05) is 11.4 Å². The Kier molecular flexibility index (Phi) is 4.82. The van der Waals surface area contributed by atoms with Crippen LogP contribution in [0.15, 0.2) is 36.4 Å². The first-order chi connectivity index (χ1) is 14.3. The average molecular weight is 463 g/mol. The Labute approximate surface area is 188 Å². The number of anilines is 1. The third kappa shape index (κ3) is 3.04. The van der Waals surface area contributed by atoms with Gasteiger partial charge in [0.05, 0.1) is 28.2 Å². The van der Waals surface area contributed by atoms with Crippen LogP contribution in [0.1, 0.15) is 30.6 Å². The lowest BCUT2D eigenvalue weighted by Crippen LogP contribution is -2.46. The maximum absolute atomic E-state index is 13.2. The molecule has 1 N–H and O–H groups in total. The Bertz CT molecular complexity index is 1210. The largest absolute Gasteiger partial charge is 0.357 e. The van der Waals surface area contributed by atoms with E-state index in [9.17, 15) is 9.59 Å². The van der Waals surface area contributed by atoms with Crippen molar-refractivity contribution in [1.29, 1.82) is 0 Å². The molecule has 3 heterocycles. The highest BCUT2D eigenvalue weighted by Gasteiger charge is 2.45. The molecule has 0 spiro atoms. The van der Waals surface area contributed by atoms with Gasteiger partial charge >= 0.3 is 0 Å². The molecular weight excluding hydrogens is 445 g/mol. The first kappa shape index (κ1) is 19.9. The van der Waals surface area contributed by atoms with Crippen LogP contribution in [0, 0.1) is 0 Å². The number of benzene rings is 2. The van der Waals surface area contributed by atoms with Gasteiger partial charge in [0.2, 0.25) is 5.91 Å². The number of aromatic amines is 1. The van der Waals surface area contributed by atoms with E-state index in [2.05, 4.69) is 16.8 Å². The average Bonchev–Trinajstić information content (AvgIpc) is 3.22. The van der Waals surface area contributed by atoms with Gasteiger partial charge in [-0.3, -0.25) is 14.5 Å². The van der Waals surface area contributed by atoms with E-state index in [1.54, 1.807) is 18.2 Å². The van der Waals surface area contributed by atoms with Crippen molar-refractivity contribution in [1.82, 2.24) is 9.88 Å². The summed E-state index contributed by atoms with van der Waals surface area (Å²) >= 11 is 18.3. The van der Waals surface area contributed by atoms with Crippen LogP contribution in [-0.4, -0.2) is 34.3 Å². The molecule has 2 amide bonds. The third-order valence-electron chi connectivity index (χ3n) is 6.12. The Morgan fingerprint density at radius 2 is 1.83 bits per heavy atom. The number of H-pyrrole nitrogens is 1. The predicted octanol–water partition coefficient (Wildman–Crippen LogP) is 5.38. The lowest BCUT2D eigenvalue weighted by atomic mass is 9.96. The zero-order valence-electron chi connectivity index (χ0n) is 16.1. The highest BCUT2D eigenvalue weighted by Crippen LogP contribution is 2.39. The summed E-state index contributed by atoms with van der Waals surface area (Å²) in [7, 11) is 0. The van der Waals surface area contributed by atoms with Crippen LogP contribution in [0.3, 0.4) is 0 Å². The van der Waals surface area contributed by atoms with Crippen LogP contribution in [-0.2, 0) is 16.0 Å². The van der Waals surface area contributed by atoms with Crippen molar-refractivity contribution in [3.8, 4) is 0 Å². The molecule has 0 saturated carbocycles. The zero-order valence-corrected chi connectivity index (χ0v) is 18.4. The van der Waals surface area contributed by atoms with Gasteiger partial charge in [0.15, 0.2) is 0 Å². The van der Waals surface area contributed by atoms with Gasteiger partial charge in [-0.15, -0.1) is 0 Å². The number of nitrogens with one attached hydrogen (secondary N) is 1. The van der Waals surface area contributed by atoms with Crippen LogP contribution in [0.4, 0.5) is 5.69 Å². The maximum Gasteiger partial charge on any atom is 0.251 e. The summed E-state index contributed by atoms with van der Waals surface area (Å²) in [6.45, 7) is 2.75. The van der Waals surface area contributed by atoms with Gasteiger partial charge < -0.3 is 4.98 Å². The number of halogens is 3. The second-order valence-corrected chi connectivity index (χ2v) is 9.01. The van der Waals surface area contributed by atoms with Crippen molar-refractivity contribution >= 4 is 63.2 Å². The lowest BCUT2D eigenvalue weighted by molar-refractivity contribution is -0.123. The van der Waals surface area contributed by atoms with E-state index >= 15 is 0 Å². The Morgan fingerprint density at radius 1 is 1.03 bits per heavy atom. The molecule has 2 unspecified atom stereocenters. The molecule has 1 saturated heterocycles. The maximum atomic E-state index is 13.2. The molecule has 154 valence electrons. The summed E-state index contributed by atoms with van der Waals surface area (Å²) < 4.78 is 0. The van der Waals surface area contributed by atoms with Gasteiger partial charge in [0, 0.05) is 34.2 Å². The molecule has 5 rings (SSSR count). The van der Waals surface area contributed by atoms with Gasteiger partial charge in [-0.25, -0.2) is 4.90 Å². The number of rotatable bonds is 2. The molecule has 5 nitrogen and oxygen atoms in total. The summed E-state index contributed by atoms with van der Waals surface area (Å²) in [6.07, 6.45) is 0.926. The quantitative estimate of drug-likeness (QED) is 0.520. The first-order valence-corrected chi connectivity index (χ1v) is 10.9.